The number of aryl methyl sites for hydroxylation is 1. The number of carbonyl (C=O) groups is 1. The molecule has 3 rings (SSSR count). The highest BCUT2D eigenvalue weighted by Crippen LogP contribution is 2.15. The second-order valence-corrected chi connectivity index (χ2v) is 6.01. The first-order valence-electron chi connectivity index (χ1n) is 8.29. The molecule has 7 nitrogen and oxygen atoms in total. The number of nitrogens with one attached hydrogen (secondary N) is 1. The van der Waals surface area contributed by atoms with Crippen molar-refractivity contribution in [2.45, 2.75) is 20.0 Å². The van der Waals surface area contributed by atoms with Crippen LogP contribution in [0.15, 0.2) is 64.2 Å². The van der Waals surface area contributed by atoms with Gasteiger partial charge in [0.05, 0.1) is 12.1 Å². The first-order valence-corrected chi connectivity index (χ1v) is 8.29. The number of ether oxygens (including phenoxy) is 1. The normalized spacial score (nSPS) is 10.6. The van der Waals surface area contributed by atoms with Gasteiger partial charge in [-0.15, -0.1) is 0 Å². The van der Waals surface area contributed by atoms with Crippen LogP contribution in [-0.2, 0) is 17.8 Å². The maximum Gasteiger partial charge on any atom is 0.333 e. The van der Waals surface area contributed by atoms with Crippen molar-refractivity contribution in [2.75, 3.05) is 0 Å². The minimum atomic E-state index is -1.14. The van der Waals surface area contributed by atoms with Gasteiger partial charge in [0.15, 0.2) is 0 Å². The van der Waals surface area contributed by atoms with Crippen molar-refractivity contribution in [1.29, 1.82) is 0 Å². The Kier molecular flexibility index (Phi) is 5.21. The Morgan fingerprint density at radius 2 is 1.74 bits per heavy atom. The molecular formula is C20H18N2O5. The first-order chi connectivity index (χ1) is 13.0. The zero-order chi connectivity index (χ0) is 19.4. The molecule has 0 bridgehead atoms. The Bertz CT molecular complexity index is 1070. The second-order valence-electron chi connectivity index (χ2n) is 6.01. The van der Waals surface area contributed by atoms with Gasteiger partial charge in [-0.05, 0) is 36.8 Å². The van der Waals surface area contributed by atoms with Crippen LogP contribution in [0.2, 0.25) is 0 Å². The van der Waals surface area contributed by atoms with Crippen LogP contribution in [0.4, 0.5) is 0 Å². The highest BCUT2D eigenvalue weighted by Gasteiger charge is 2.15. The van der Waals surface area contributed by atoms with E-state index in [1.807, 2.05) is 30.3 Å². The van der Waals surface area contributed by atoms with Crippen molar-refractivity contribution in [3.63, 3.8) is 0 Å². The van der Waals surface area contributed by atoms with E-state index in [9.17, 15) is 14.4 Å². The predicted octanol–water partition coefficient (Wildman–Crippen LogP) is 2.04. The van der Waals surface area contributed by atoms with Crippen LogP contribution in [0.3, 0.4) is 0 Å². The van der Waals surface area contributed by atoms with Gasteiger partial charge in [0.25, 0.3) is 5.56 Å². The Labute approximate surface area is 154 Å². The number of hydrogen-bond donors (Lipinski definition) is 2. The van der Waals surface area contributed by atoms with E-state index in [1.54, 1.807) is 24.3 Å². The molecule has 0 atom stereocenters. The summed E-state index contributed by atoms with van der Waals surface area (Å²) >= 11 is 0. The number of aromatic nitrogens is 2. The van der Waals surface area contributed by atoms with Gasteiger partial charge < -0.3 is 14.8 Å². The number of hydrogen-bond acceptors (Lipinski definition) is 4. The molecule has 0 fully saturated rings. The largest absolute Gasteiger partial charge is 0.489 e. The van der Waals surface area contributed by atoms with Gasteiger partial charge in [-0.3, -0.25) is 9.59 Å². The van der Waals surface area contributed by atoms with E-state index in [1.165, 1.54) is 6.92 Å². The molecule has 0 aliphatic rings. The predicted molar refractivity (Wildman–Crippen MR) is 99.5 cm³/mol. The highest BCUT2D eigenvalue weighted by atomic mass is 16.5. The van der Waals surface area contributed by atoms with E-state index in [4.69, 9.17) is 9.84 Å². The molecule has 3 aromatic rings. The van der Waals surface area contributed by atoms with Gasteiger partial charge in [0.2, 0.25) is 0 Å². The summed E-state index contributed by atoms with van der Waals surface area (Å²) in [6.45, 7) is 1.90. The summed E-state index contributed by atoms with van der Waals surface area (Å²) in [5, 5.41) is 8.98. The fourth-order valence-electron chi connectivity index (χ4n) is 2.71. The molecule has 2 N–H and O–H groups in total. The average molecular weight is 366 g/mol. The van der Waals surface area contributed by atoms with Crippen molar-refractivity contribution >= 4 is 5.97 Å². The lowest BCUT2D eigenvalue weighted by Crippen LogP contribution is -2.37. The minimum Gasteiger partial charge on any atom is -0.489 e. The topological polar surface area (TPSA) is 101 Å². The van der Waals surface area contributed by atoms with Gasteiger partial charge in [-0.2, -0.15) is 0 Å². The molecule has 1 heterocycles. The van der Waals surface area contributed by atoms with Crippen LogP contribution in [-0.4, -0.2) is 20.6 Å². The van der Waals surface area contributed by atoms with E-state index in [-0.39, 0.29) is 11.3 Å². The fourth-order valence-corrected chi connectivity index (χ4v) is 2.71. The second kappa shape index (κ2) is 7.74. The van der Waals surface area contributed by atoms with E-state index in [2.05, 4.69) is 4.98 Å². The lowest BCUT2D eigenvalue weighted by atomic mass is 10.1. The van der Waals surface area contributed by atoms with Gasteiger partial charge in [-0.1, -0.05) is 30.3 Å². The van der Waals surface area contributed by atoms with Crippen molar-refractivity contribution in [3.05, 3.63) is 92.3 Å². The molecule has 0 saturated carbocycles. The lowest BCUT2D eigenvalue weighted by molar-refractivity contribution is -0.136. The molecule has 0 aliphatic carbocycles. The monoisotopic (exact) mass is 366 g/mol. The van der Waals surface area contributed by atoms with Gasteiger partial charge >= 0.3 is 11.7 Å². The molecule has 2 aromatic carbocycles. The SMILES string of the molecule is Cc1[nH]c(=O)n(-c2ccc(OCc3ccccc3)cc2)c(=O)c1CC(=O)O. The van der Waals surface area contributed by atoms with Crippen molar-refractivity contribution in [2.24, 2.45) is 0 Å². The number of H-pyrrole nitrogens is 1. The van der Waals surface area contributed by atoms with Crippen LogP contribution in [0.1, 0.15) is 16.8 Å². The minimum absolute atomic E-state index is 0.0477. The zero-order valence-corrected chi connectivity index (χ0v) is 14.6. The molecule has 27 heavy (non-hydrogen) atoms. The molecule has 0 aliphatic heterocycles. The van der Waals surface area contributed by atoms with Crippen LogP contribution in [0, 0.1) is 6.92 Å². The van der Waals surface area contributed by atoms with Gasteiger partial charge in [-0.25, -0.2) is 9.36 Å². The number of benzene rings is 2. The van der Waals surface area contributed by atoms with Gasteiger partial charge in [0, 0.05) is 11.3 Å². The molecule has 0 spiro atoms. The molecule has 0 amide bonds. The Hall–Kier alpha value is -3.61. The summed E-state index contributed by atoms with van der Waals surface area (Å²) in [7, 11) is 0. The first kappa shape index (κ1) is 18.2. The zero-order valence-electron chi connectivity index (χ0n) is 14.6. The smallest absolute Gasteiger partial charge is 0.333 e. The summed E-state index contributed by atoms with van der Waals surface area (Å²) in [5.41, 5.74) is 0.394. The molecule has 0 saturated heterocycles. The number of aliphatic carboxylic acids is 1. The van der Waals surface area contributed by atoms with Gasteiger partial charge in [0.1, 0.15) is 12.4 Å². The Balaban J connectivity index is 1.88. The van der Waals surface area contributed by atoms with Crippen LogP contribution in [0.25, 0.3) is 5.69 Å². The number of carboxylic acids is 1. The molecule has 7 heteroatoms. The van der Waals surface area contributed by atoms with E-state index < -0.39 is 23.6 Å². The molecule has 1 aromatic heterocycles. The van der Waals surface area contributed by atoms with E-state index in [0.717, 1.165) is 10.1 Å². The summed E-state index contributed by atoms with van der Waals surface area (Å²) in [6, 6.07) is 16.1. The summed E-state index contributed by atoms with van der Waals surface area (Å²) in [4.78, 5) is 38.3. The summed E-state index contributed by atoms with van der Waals surface area (Å²) < 4.78 is 6.61. The maximum atomic E-state index is 12.6. The lowest BCUT2D eigenvalue weighted by Gasteiger charge is -2.10. The van der Waals surface area contributed by atoms with E-state index >= 15 is 0 Å². The van der Waals surface area contributed by atoms with Crippen molar-refractivity contribution in [3.8, 4) is 11.4 Å². The Morgan fingerprint density at radius 3 is 2.37 bits per heavy atom. The van der Waals surface area contributed by atoms with Crippen LogP contribution < -0.4 is 16.0 Å². The number of nitrogens with zero attached hydrogens (tertiary/aromatic N) is 1. The standard InChI is InChI=1S/C20H18N2O5/c1-13-17(11-18(23)24)19(25)22(20(26)21-13)15-7-9-16(10-8-15)27-12-14-5-3-2-4-6-14/h2-10H,11-12H2,1H3,(H,21,26)(H,23,24). The third kappa shape index (κ3) is 4.14. The average Bonchev–Trinajstić information content (AvgIpc) is 2.65. The fraction of sp³-hybridized carbons (Fsp3) is 0.150. The highest BCUT2D eigenvalue weighted by molar-refractivity contribution is 5.70. The number of carboxylic acid groups (broad SMARTS) is 1. The maximum absolute atomic E-state index is 12.6. The quantitative estimate of drug-likeness (QED) is 0.695. The van der Waals surface area contributed by atoms with Crippen LogP contribution in [0.5, 0.6) is 5.75 Å². The van der Waals surface area contributed by atoms with E-state index in [0.29, 0.717) is 18.0 Å². The van der Waals surface area contributed by atoms with Crippen molar-refractivity contribution in [1.82, 2.24) is 9.55 Å². The Morgan fingerprint density at radius 1 is 1.07 bits per heavy atom. The van der Waals surface area contributed by atoms with Crippen LogP contribution >= 0.6 is 0 Å². The van der Waals surface area contributed by atoms with Crippen molar-refractivity contribution < 1.29 is 14.6 Å². The third-order valence-corrected chi connectivity index (χ3v) is 4.08. The molecule has 138 valence electrons. The summed E-state index contributed by atoms with van der Waals surface area (Å²) in [5.74, 6) is -0.552. The molecule has 0 radical (unpaired) electrons. The third-order valence-electron chi connectivity index (χ3n) is 4.08. The summed E-state index contributed by atoms with van der Waals surface area (Å²) in [6.07, 6.45) is -0.459. The molecular weight excluding hydrogens is 348 g/mol. The number of rotatable bonds is 6. The number of aromatic amines is 1. The molecule has 0 unspecified atom stereocenters.